The Kier molecular flexibility index (Phi) is 3.19. The second-order valence-corrected chi connectivity index (χ2v) is 4.81. The summed E-state index contributed by atoms with van der Waals surface area (Å²) in [5, 5.41) is 5.04. The van der Waals surface area contributed by atoms with E-state index in [-0.39, 0.29) is 11.8 Å². The maximum atomic E-state index is 11.6. The Bertz CT molecular complexity index is 288. The fourth-order valence-corrected chi connectivity index (χ4v) is 2.56. The molecule has 3 heteroatoms. The molecule has 2 nitrogen and oxygen atoms in total. The van der Waals surface area contributed by atoms with Crippen LogP contribution in [0.2, 0.25) is 0 Å². The summed E-state index contributed by atoms with van der Waals surface area (Å²) in [6, 6.07) is 4.07. The molecule has 0 atom stereocenters. The van der Waals surface area contributed by atoms with Crippen molar-refractivity contribution in [3.8, 4) is 0 Å². The predicted molar refractivity (Wildman–Crippen MR) is 58.1 cm³/mol. The molecule has 1 saturated carbocycles. The molecule has 1 N–H and O–H groups in total. The van der Waals surface area contributed by atoms with Crippen molar-refractivity contribution in [1.82, 2.24) is 5.32 Å². The van der Waals surface area contributed by atoms with Crippen LogP contribution in [-0.4, -0.2) is 5.91 Å². The van der Waals surface area contributed by atoms with Crippen LogP contribution in [0, 0.1) is 5.92 Å². The van der Waals surface area contributed by atoms with E-state index in [4.69, 9.17) is 0 Å². The van der Waals surface area contributed by atoms with Gasteiger partial charge >= 0.3 is 0 Å². The normalized spacial score (nSPS) is 17.1. The first-order valence-electron chi connectivity index (χ1n) is 5.16. The van der Waals surface area contributed by atoms with Crippen LogP contribution in [-0.2, 0) is 11.3 Å². The Balaban J connectivity index is 1.77. The zero-order chi connectivity index (χ0) is 9.80. The first-order valence-corrected chi connectivity index (χ1v) is 6.04. The number of carbonyl (C=O) groups is 1. The molecule has 1 fully saturated rings. The van der Waals surface area contributed by atoms with Gasteiger partial charge in [0.2, 0.25) is 5.91 Å². The van der Waals surface area contributed by atoms with Crippen LogP contribution in [0.3, 0.4) is 0 Å². The van der Waals surface area contributed by atoms with E-state index in [0.717, 1.165) is 12.8 Å². The van der Waals surface area contributed by atoms with Crippen molar-refractivity contribution in [2.75, 3.05) is 0 Å². The van der Waals surface area contributed by atoms with E-state index in [1.54, 1.807) is 11.3 Å². The summed E-state index contributed by atoms with van der Waals surface area (Å²) in [5.41, 5.74) is 0. The molecular weight excluding hydrogens is 194 g/mol. The summed E-state index contributed by atoms with van der Waals surface area (Å²) in [6.45, 7) is 0.701. The van der Waals surface area contributed by atoms with Crippen LogP contribution in [0.5, 0.6) is 0 Å². The number of amides is 1. The fraction of sp³-hybridized carbons (Fsp3) is 0.545. The molecule has 0 aromatic carbocycles. The van der Waals surface area contributed by atoms with Crippen molar-refractivity contribution in [3.05, 3.63) is 22.4 Å². The van der Waals surface area contributed by atoms with Gasteiger partial charge < -0.3 is 5.32 Å². The van der Waals surface area contributed by atoms with E-state index in [1.807, 2.05) is 11.4 Å². The van der Waals surface area contributed by atoms with Crippen molar-refractivity contribution < 1.29 is 4.79 Å². The first-order chi connectivity index (χ1) is 6.86. The SMILES string of the molecule is O=C(NCc1cccs1)C1CCCC1. The number of carbonyl (C=O) groups excluding carboxylic acids is 1. The lowest BCUT2D eigenvalue weighted by molar-refractivity contribution is -0.124. The Labute approximate surface area is 88.3 Å². The minimum atomic E-state index is 0.246. The largest absolute Gasteiger partial charge is 0.351 e. The molecule has 0 aliphatic heterocycles. The molecule has 0 bridgehead atoms. The molecule has 1 aliphatic carbocycles. The van der Waals surface area contributed by atoms with Gasteiger partial charge in [0.1, 0.15) is 0 Å². The van der Waals surface area contributed by atoms with Crippen LogP contribution in [0.15, 0.2) is 17.5 Å². The van der Waals surface area contributed by atoms with Gasteiger partial charge in [-0.3, -0.25) is 4.79 Å². The average molecular weight is 209 g/mol. The number of hydrogen-bond donors (Lipinski definition) is 1. The van der Waals surface area contributed by atoms with Crippen LogP contribution in [0.25, 0.3) is 0 Å². The minimum Gasteiger partial charge on any atom is -0.351 e. The third-order valence-electron chi connectivity index (χ3n) is 2.74. The highest BCUT2D eigenvalue weighted by Gasteiger charge is 2.21. The maximum absolute atomic E-state index is 11.6. The lowest BCUT2D eigenvalue weighted by Crippen LogP contribution is -2.28. The second kappa shape index (κ2) is 4.60. The van der Waals surface area contributed by atoms with Gasteiger partial charge in [0, 0.05) is 10.8 Å². The van der Waals surface area contributed by atoms with E-state index in [9.17, 15) is 4.79 Å². The van der Waals surface area contributed by atoms with Crippen LogP contribution >= 0.6 is 11.3 Å². The smallest absolute Gasteiger partial charge is 0.223 e. The maximum Gasteiger partial charge on any atom is 0.223 e. The molecule has 14 heavy (non-hydrogen) atoms. The summed E-state index contributed by atoms with van der Waals surface area (Å²) in [6.07, 6.45) is 4.60. The minimum absolute atomic E-state index is 0.246. The molecule has 0 saturated heterocycles. The summed E-state index contributed by atoms with van der Waals surface area (Å²) in [5.74, 6) is 0.533. The molecule has 1 aromatic heterocycles. The fourth-order valence-electron chi connectivity index (χ4n) is 1.92. The van der Waals surface area contributed by atoms with Gasteiger partial charge in [-0.05, 0) is 24.3 Å². The van der Waals surface area contributed by atoms with Crippen molar-refractivity contribution in [1.29, 1.82) is 0 Å². The summed E-state index contributed by atoms with van der Waals surface area (Å²) in [7, 11) is 0. The number of hydrogen-bond acceptors (Lipinski definition) is 2. The van der Waals surface area contributed by atoms with Crippen LogP contribution in [0.4, 0.5) is 0 Å². The van der Waals surface area contributed by atoms with E-state index < -0.39 is 0 Å². The van der Waals surface area contributed by atoms with E-state index in [0.29, 0.717) is 6.54 Å². The van der Waals surface area contributed by atoms with Crippen molar-refractivity contribution in [2.24, 2.45) is 5.92 Å². The molecule has 1 aliphatic rings. The second-order valence-electron chi connectivity index (χ2n) is 3.78. The monoisotopic (exact) mass is 209 g/mol. The molecular formula is C11H15NOS. The number of thiophene rings is 1. The molecule has 1 amide bonds. The summed E-state index contributed by atoms with van der Waals surface area (Å²) >= 11 is 1.69. The quantitative estimate of drug-likeness (QED) is 0.814. The molecule has 0 unspecified atom stereocenters. The lowest BCUT2D eigenvalue weighted by atomic mass is 10.1. The van der Waals surface area contributed by atoms with E-state index in [1.165, 1.54) is 17.7 Å². The van der Waals surface area contributed by atoms with E-state index >= 15 is 0 Å². The van der Waals surface area contributed by atoms with Gasteiger partial charge in [-0.15, -0.1) is 11.3 Å². The van der Waals surface area contributed by atoms with Gasteiger partial charge in [0.05, 0.1) is 6.54 Å². The molecule has 2 rings (SSSR count). The van der Waals surface area contributed by atoms with Crippen LogP contribution < -0.4 is 5.32 Å². The predicted octanol–water partition coefficient (Wildman–Crippen LogP) is 2.55. The third-order valence-corrected chi connectivity index (χ3v) is 3.62. The van der Waals surface area contributed by atoms with Gasteiger partial charge in [0.15, 0.2) is 0 Å². The lowest BCUT2D eigenvalue weighted by Gasteiger charge is -2.08. The molecule has 76 valence electrons. The van der Waals surface area contributed by atoms with Crippen molar-refractivity contribution in [3.63, 3.8) is 0 Å². The highest BCUT2D eigenvalue weighted by molar-refractivity contribution is 7.09. The Hall–Kier alpha value is -0.830. The van der Waals surface area contributed by atoms with Gasteiger partial charge in [-0.2, -0.15) is 0 Å². The topological polar surface area (TPSA) is 29.1 Å². The average Bonchev–Trinajstić information content (AvgIpc) is 2.87. The highest BCUT2D eigenvalue weighted by atomic mass is 32.1. The third kappa shape index (κ3) is 2.35. The zero-order valence-corrected chi connectivity index (χ0v) is 8.98. The van der Waals surface area contributed by atoms with Crippen LogP contribution in [0.1, 0.15) is 30.6 Å². The van der Waals surface area contributed by atoms with E-state index in [2.05, 4.69) is 11.4 Å². The molecule has 0 radical (unpaired) electrons. The van der Waals surface area contributed by atoms with Gasteiger partial charge in [-0.25, -0.2) is 0 Å². The van der Waals surface area contributed by atoms with Gasteiger partial charge in [-0.1, -0.05) is 18.9 Å². The zero-order valence-electron chi connectivity index (χ0n) is 8.16. The first kappa shape index (κ1) is 9.71. The molecule has 0 spiro atoms. The van der Waals surface area contributed by atoms with Crippen molar-refractivity contribution >= 4 is 17.2 Å². The Morgan fingerprint density at radius 1 is 1.50 bits per heavy atom. The number of rotatable bonds is 3. The summed E-state index contributed by atoms with van der Waals surface area (Å²) < 4.78 is 0. The summed E-state index contributed by atoms with van der Waals surface area (Å²) in [4.78, 5) is 12.9. The molecule has 1 aromatic rings. The highest BCUT2D eigenvalue weighted by Crippen LogP contribution is 2.24. The standard InChI is InChI=1S/C11H15NOS/c13-11(9-4-1-2-5-9)12-8-10-6-3-7-14-10/h3,6-7,9H,1-2,4-5,8H2,(H,12,13). The Morgan fingerprint density at radius 2 is 2.29 bits per heavy atom. The van der Waals surface area contributed by atoms with Gasteiger partial charge in [0.25, 0.3) is 0 Å². The molecule has 1 heterocycles. The number of nitrogens with one attached hydrogen (secondary N) is 1. The van der Waals surface area contributed by atoms with Crippen molar-refractivity contribution in [2.45, 2.75) is 32.2 Å². The Morgan fingerprint density at radius 3 is 2.93 bits per heavy atom.